The van der Waals surface area contributed by atoms with Crippen LogP contribution in [0.3, 0.4) is 0 Å². The third-order valence-corrected chi connectivity index (χ3v) is 3.51. The highest BCUT2D eigenvalue weighted by Gasteiger charge is 2.54. The van der Waals surface area contributed by atoms with Gasteiger partial charge in [0, 0.05) is 7.05 Å². The molecule has 1 aliphatic rings. The lowest BCUT2D eigenvalue weighted by Crippen LogP contribution is -2.52. The van der Waals surface area contributed by atoms with Gasteiger partial charge < -0.3 is 14.4 Å². The topological polar surface area (TPSA) is 55.8 Å². The van der Waals surface area contributed by atoms with Gasteiger partial charge in [-0.3, -0.25) is 4.79 Å². The van der Waals surface area contributed by atoms with Gasteiger partial charge in [0.25, 0.3) is 0 Å². The molecule has 0 aromatic rings. The average molecular weight is 285 g/mol. The molecular formula is C15H27NO4. The quantitative estimate of drug-likeness (QED) is 0.732. The van der Waals surface area contributed by atoms with Crippen molar-refractivity contribution in [3.63, 3.8) is 0 Å². The van der Waals surface area contributed by atoms with Crippen LogP contribution >= 0.6 is 0 Å². The SMILES string of the molecule is CC(C)C1C(=O)OC(C)(C)C1N(C)C(=O)OC(C)(C)C. The fourth-order valence-electron chi connectivity index (χ4n) is 2.74. The Hall–Kier alpha value is -1.26. The first-order chi connectivity index (χ1) is 8.87. The molecule has 0 aliphatic carbocycles. The Morgan fingerprint density at radius 2 is 1.85 bits per heavy atom. The summed E-state index contributed by atoms with van der Waals surface area (Å²) in [6, 6.07) is -0.329. The van der Waals surface area contributed by atoms with Crippen LogP contribution < -0.4 is 0 Å². The maximum atomic E-state index is 12.2. The van der Waals surface area contributed by atoms with E-state index in [-0.39, 0.29) is 23.8 Å². The zero-order valence-electron chi connectivity index (χ0n) is 13.8. The first-order valence-electron chi connectivity index (χ1n) is 7.05. The summed E-state index contributed by atoms with van der Waals surface area (Å²) in [7, 11) is 1.66. The number of likely N-dealkylation sites (N-methyl/N-ethyl adjacent to an activating group) is 1. The highest BCUT2D eigenvalue weighted by atomic mass is 16.6. The number of esters is 1. The number of ether oxygens (including phenoxy) is 2. The van der Waals surface area contributed by atoms with E-state index >= 15 is 0 Å². The van der Waals surface area contributed by atoms with Gasteiger partial charge in [-0.05, 0) is 40.5 Å². The predicted octanol–water partition coefficient (Wildman–Crippen LogP) is 2.83. The summed E-state index contributed by atoms with van der Waals surface area (Å²) in [6.45, 7) is 13.0. The van der Waals surface area contributed by atoms with Crippen molar-refractivity contribution in [2.75, 3.05) is 7.05 Å². The van der Waals surface area contributed by atoms with Crippen LogP contribution in [0.15, 0.2) is 0 Å². The molecule has 0 aromatic heterocycles. The second-order valence-corrected chi connectivity index (χ2v) is 7.33. The summed E-state index contributed by atoms with van der Waals surface area (Å²) in [5.74, 6) is -0.480. The van der Waals surface area contributed by atoms with E-state index in [0.29, 0.717) is 0 Å². The molecule has 5 nitrogen and oxygen atoms in total. The van der Waals surface area contributed by atoms with Crippen molar-refractivity contribution in [1.29, 1.82) is 0 Å². The third kappa shape index (κ3) is 3.44. The molecule has 1 amide bonds. The van der Waals surface area contributed by atoms with E-state index in [1.165, 1.54) is 4.90 Å². The van der Waals surface area contributed by atoms with Crippen molar-refractivity contribution in [3.05, 3.63) is 0 Å². The molecule has 2 atom stereocenters. The van der Waals surface area contributed by atoms with Crippen LogP contribution in [0.2, 0.25) is 0 Å². The Bertz CT molecular complexity index is 395. The molecule has 1 fully saturated rings. The molecule has 0 bridgehead atoms. The molecule has 1 rings (SSSR count). The number of carbonyl (C=O) groups is 2. The van der Waals surface area contributed by atoms with E-state index in [9.17, 15) is 9.59 Å². The lowest BCUT2D eigenvalue weighted by molar-refractivity contribution is -0.149. The summed E-state index contributed by atoms with van der Waals surface area (Å²) in [6.07, 6.45) is -0.431. The normalized spacial score (nSPS) is 25.6. The van der Waals surface area contributed by atoms with E-state index in [4.69, 9.17) is 9.47 Å². The summed E-state index contributed by atoms with van der Waals surface area (Å²) < 4.78 is 10.8. The molecule has 0 saturated carbocycles. The van der Waals surface area contributed by atoms with E-state index < -0.39 is 17.3 Å². The van der Waals surface area contributed by atoms with Crippen LogP contribution in [0, 0.1) is 11.8 Å². The molecule has 0 aromatic carbocycles. The largest absolute Gasteiger partial charge is 0.457 e. The summed E-state index contributed by atoms with van der Waals surface area (Å²) in [4.78, 5) is 25.8. The molecule has 1 heterocycles. The number of hydrogen-bond donors (Lipinski definition) is 0. The Balaban J connectivity index is 3.01. The van der Waals surface area contributed by atoms with Crippen LogP contribution in [0.1, 0.15) is 48.5 Å². The minimum atomic E-state index is -0.711. The maximum absolute atomic E-state index is 12.2. The first-order valence-corrected chi connectivity index (χ1v) is 7.05. The molecule has 5 heteroatoms. The highest BCUT2D eigenvalue weighted by Crippen LogP contribution is 2.38. The van der Waals surface area contributed by atoms with Crippen molar-refractivity contribution in [1.82, 2.24) is 4.90 Å². The number of cyclic esters (lactones) is 1. The number of nitrogens with zero attached hydrogens (tertiary/aromatic N) is 1. The average Bonchev–Trinajstić information content (AvgIpc) is 2.43. The molecule has 0 N–H and O–H groups in total. The Labute approximate surface area is 121 Å². The highest BCUT2D eigenvalue weighted by molar-refractivity contribution is 5.79. The Morgan fingerprint density at radius 3 is 2.25 bits per heavy atom. The molecule has 0 spiro atoms. The van der Waals surface area contributed by atoms with Crippen molar-refractivity contribution < 1.29 is 19.1 Å². The summed E-state index contributed by atoms with van der Waals surface area (Å²) >= 11 is 0. The smallest absolute Gasteiger partial charge is 0.410 e. The van der Waals surface area contributed by atoms with Gasteiger partial charge in [0.2, 0.25) is 0 Å². The third-order valence-electron chi connectivity index (χ3n) is 3.51. The summed E-state index contributed by atoms with van der Waals surface area (Å²) in [5.41, 5.74) is -1.27. The van der Waals surface area contributed by atoms with Crippen LogP contribution in [0.4, 0.5) is 4.79 Å². The first kappa shape index (κ1) is 16.8. The number of carbonyl (C=O) groups excluding carboxylic acids is 2. The van der Waals surface area contributed by atoms with E-state index in [2.05, 4.69) is 0 Å². The summed E-state index contributed by atoms with van der Waals surface area (Å²) in [5, 5.41) is 0. The van der Waals surface area contributed by atoms with E-state index in [1.54, 1.807) is 7.05 Å². The minimum absolute atomic E-state index is 0.0964. The van der Waals surface area contributed by atoms with Crippen LogP contribution in [0.5, 0.6) is 0 Å². The number of amides is 1. The van der Waals surface area contributed by atoms with Gasteiger partial charge in [0.15, 0.2) is 0 Å². The standard InChI is InChI=1S/C15H27NO4/c1-9(2)10-11(15(6,7)19-12(10)17)16(8)13(18)20-14(3,4)5/h9-11H,1-8H3. The molecule has 20 heavy (non-hydrogen) atoms. The number of hydrogen-bond acceptors (Lipinski definition) is 4. The van der Waals surface area contributed by atoms with Crippen molar-refractivity contribution in [2.24, 2.45) is 11.8 Å². The zero-order valence-corrected chi connectivity index (χ0v) is 13.8. The van der Waals surface area contributed by atoms with Gasteiger partial charge in [0.1, 0.15) is 11.2 Å². The van der Waals surface area contributed by atoms with Crippen molar-refractivity contribution in [3.8, 4) is 0 Å². The van der Waals surface area contributed by atoms with Gasteiger partial charge in [-0.1, -0.05) is 13.8 Å². The van der Waals surface area contributed by atoms with Crippen LogP contribution in [0.25, 0.3) is 0 Å². The lowest BCUT2D eigenvalue weighted by Gasteiger charge is -2.36. The lowest BCUT2D eigenvalue weighted by atomic mass is 9.82. The minimum Gasteiger partial charge on any atom is -0.457 e. The Kier molecular flexibility index (Phi) is 4.42. The van der Waals surface area contributed by atoms with Gasteiger partial charge in [0.05, 0.1) is 12.0 Å². The van der Waals surface area contributed by atoms with E-state index in [0.717, 1.165) is 0 Å². The van der Waals surface area contributed by atoms with Crippen LogP contribution in [-0.4, -0.2) is 41.3 Å². The molecule has 0 radical (unpaired) electrons. The number of rotatable bonds is 2. The van der Waals surface area contributed by atoms with Gasteiger partial charge in [-0.2, -0.15) is 0 Å². The van der Waals surface area contributed by atoms with Gasteiger partial charge in [-0.25, -0.2) is 4.79 Å². The zero-order chi connectivity index (χ0) is 15.9. The maximum Gasteiger partial charge on any atom is 0.410 e. The van der Waals surface area contributed by atoms with Gasteiger partial charge in [-0.15, -0.1) is 0 Å². The monoisotopic (exact) mass is 285 g/mol. The molecule has 2 unspecified atom stereocenters. The van der Waals surface area contributed by atoms with Crippen LogP contribution in [-0.2, 0) is 14.3 Å². The van der Waals surface area contributed by atoms with Gasteiger partial charge >= 0.3 is 12.1 Å². The van der Waals surface area contributed by atoms with Crippen molar-refractivity contribution in [2.45, 2.75) is 65.7 Å². The predicted molar refractivity (Wildman–Crippen MR) is 76.3 cm³/mol. The fourth-order valence-corrected chi connectivity index (χ4v) is 2.74. The second-order valence-electron chi connectivity index (χ2n) is 7.33. The Morgan fingerprint density at radius 1 is 1.35 bits per heavy atom. The molecular weight excluding hydrogens is 258 g/mol. The fraction of sp³-hybridized carbons (Fsp3) is 0.867. The molecule has 116 valence electrons. The molecule has 1 saturated heterocycles. The van der Waals surface area contributed by atoms with Crippen molar-refractivity contribution >= 4 is 12.1 Å². The molecule has 1 aliphatic heterocycles. The second kappa shape index (κ2) is 5.26. The van der Waals surface area contributed by atoms with E-state index in [1.807, 2.05) is 48.5 Å².